The monoisotopic (exact) mass is 240 g/mol. The van der Waals surface area contributed by atoms with Crippen LogP contribution in [0.5, 0.6) is 0 Å². The van der Waals surface area contributed by atoms with Crippen molar-refractivity contribution in [2.75, 3.05) is 13.2 Å². The second-order valence-electron chi connectivity index (χ2n) is 4.63. The standard InChI is InChI=1S/C12H20N2O3/c1-3-10(8(2)15)12-13-11(14-17-12)9-4-6-16-7-5-9/h8-10,15H,3-7H2,1-2H3. The van der Waals surface area contributed by atoms with Gasteiger partial charge in [-0.15, -0.1) is 0 Å². The molecule has 1 aromatic heterocycles. The molecule has 5 nitrogen and oxygen atoms in total. The van der Waals surface area contributed by atoms with Gasteiger partial charge in [-0.3, -0.25) is 0 Å². The van der Waals surface area contributed by atoms with Gasteiger partial charge in [-0.05, 0) is 26.2 Å². The van der Waals surface area contributed by atoms with Crippen molar-refractivity contribution in [1.29, 1.82) is 0 Å². The maximum absolute atomic E-state index is 9.64. The number of ether oxygens (including phenoxy) is 1. The second kappa shape index (κ2) is 5.60. The summed E-state index contributed by atoms with van der Waals surface area (Å²) in [6.45, 7) is 5.30. The first kappa shape index (κ1) is 12.5. The number of aliphatic hydroxyl groups excluding tert-OH is 1. The van der Waals surface area contributed by atoms with Gasteiger partial charge in [0.05, 0.1) is 12.0 Å². The third-order valence-electron chi connectivity index (χ3n) is 3.38. The summed E-state index contributed by atoms with van der Waals surface area (Å²) >= 11 is 0. The van der Waals surface area contributed by atoms with E-state index in [4.69, 9.17) is 9.26 Å². The van der Waals surface area contributed by atoms with Crippen molar-refractivity contribution < 1.29 is 14.4 Å². The van der Waals surface area contributed by atoms with E-state index in [2.05, 4.69) is 10.1 Å². The Bertz CT molecular complexity index is 345. The molecule has 0 saturated carbocycles. The predicted octanol–water partition coefficient (Wildman–Crippen LogP) is 1.84. The number of nitrogens with zero attached hydrogens (tertiary/aromatic N) is 2. The molecule has 1 aromatic rings. The fourth-order valence-corrected chi connectivity index (χ4v) is 2.24. The van der Waals surface area contributed by atoms with Crippen LogP contribution < -0.4 is 0 Å². The van der Waals surface area contributed by atoms with Crippen LogP contribution in [0.3, 0.4) is 0 Å². The van der Waals surface area contributed by atoms with E-state index in [-0.39, 0.29) is 5.92 Å². The van der Waals surface area contributed by atoms with Gasteiger partial charge in [0.15, 0.2) is 5.82 Å². The molecule has 5 heteroatoms. The fraction of sp³-hybridized carbons (Fsp3) is 0.833. The summed E-state index contributed by atoms with van der Waals surface area (Å²) in [4.78, 5) is 4.43. The zero-order valence-electron chi connectivity index (χ0n) is 10.4. The fourth-order valence-electron chi connectivity index (χ4n) is 2.24. The Hall–Kier alpha value is -0.940. The van der Waals surface area contributed by atoms with Gasteiger partial charge in [0.1, 0.15) is 0 Å². The van der Waals surface area contributed by atoms with Crippen molar-refractivity contribution in [3.05, 3.63) is 11.7 Å². The molecule has 0 spiro atoms. The van der Waals surface area contributed by atoms with E-state index in [0.717, 1.165) is 38.3 Å². The van der Waals surface area contributed by atoms with Crippen LogP contribution in [0.1, 0.15) is 56.7 Å². The molecule has 0 aliphatic carbocycles. The van der Waals surface area contributed by atoms with E-state index in [1.807, 2.05) is 6.92 Å². The minimum absolute atomic E-state index is 0.0592. The first-order valence-electron chi connectivity index (χ1n) is 6.31. The molecule has 0 amide bonds. The van der Waals surface area contributed by atoms with Gasteiger partial charge in [-0.25, -0.2) is 0 Å². The summed E-state index contributed by atoms with van der Waals surface area (Å²) in [6.07, 6.45) is 2.24. The molecule has 1 aliphatic heterocycles. The Morgan fingerprint density at radius 1 is 1.41 bits per heavy atom. The molecule has 1 saturated heterocycles. The maximum Gasteiger partial charge on any atom is 0.232 e. The molecule has 1 aliphatic rings. The molecule has 0 radical (unpaired) electrons. The Morgan fingerprint density at radius 3 is 2.71 bits per heavy atom. The van der Waals surface area contributed by atoms with Crippen LogP contribution in [-0.2, 0) is 4.74 Å². The highest BCUT2D eigenvalue weighted by molar-refractivity contribution is 5.01. The molecule has 2 rings (SSSR count). The van der Waals surface area contributed by atoms with E-state index in [1.54, 1.807) is 6.92 Å². The topological polar surface area (TPSA) is 68.4 Å². The Morgan fingerprint density at radius 2 is 2.12 bits per heavy atom. The van der Waals surface area contributed by atoms with Gasteiger partial charge in [-0.2, -0.15) is 4.98 Å². The summed E-state index contributed by atoms with van der Waals surface area (Å²) in [5.41, 5.74) is 0. The maximum atomic E-state index is 9.64. The molecular formula is C12H20N2O3. The van der Waals surface area contributed by atoms with Crippen molar-refractivity contribution in [1.82, 2.24) is 10.1 Å². The molecule has 0 aromatic carbocycles. The van der Waals surface area contributed by atoms with Crippen molar-refractivity contribution >= 4 is 0 Å². The third-order valence-corrected chi connectivity index (χ3v) is 3.38. The van der Waals surface area contributed by atoms with Gasteiger partial charge >= 0.3 is 0 Å². The van der Waals surface area contributed by atoms with Crippen LogP contribution in [0.4, 0.5) is 0 Å². The summed E-state index contributed by atoms with van der Waals surface area (Å²) in [5.74, 6) is 1.61. The normalized spacial score (nSPS) is 21.4. The minimum Gasteiger partial charge on any atom is -0.393 e. The van der Waals surface area contributed by atoms with Gasteiger partial charge in [0.25, 0.3) is 0 Å². The smallest absolute Gasteiger partial charge is 0.232 e. The van der Waals surface area contributed by atoms with E-state index in [1.165, 1.54) is 0 Å². The van der Waals surface area contributed by atoms with E-state index in [9.17, 15) is 5.11 Å². The second-order valence-corrected chi connectivity index (χ2v) is 4.63. The van der Waals surface area contributed by atoms with Crippen LogP contribution in [-0.4, -0.2) is 34.6 Å². The number of aliphatic hydroxyl groups is 1. The van der Waals surface area contributed by atoms with Crippen LogP contribution in [0.2, 0.25) is 0 Å². The molecule has 2 unspecified atom stereocenters. The molecule has 1 fully saturated rings. The van der Waals surface area contributed by atoms with Crippen LogP contribution in [0.25, 0.3) is 0 Å². The highest BCUT2D eigenvalue weighted by Crippen LogP contribution is 2.27. The lowest BCUT2D eigenvalue weighted by molar-refractivity contribution is 0.0830. The number of rotatable bonds is 4. The first-order chi connectivity index (χ1) is 8.22. The lowest BCUT2D eigenvalue weighted by Crippen LogP contribution is -2.16. The third kappa shape index (κ3) is 2.84. The number of hydrogen-bond acceptors (Lipinski definition) is 5. The zero-order chi connectivity index (χ0) is 12.3. The van der Waals surface area contributed by atoms with E-state index < -0.39 is 6.10 Å². The van der Waals surface area contributed by atoms with E-state index in [0.29, 0.717) is 11.8 Å². The van der Waals surface area contributed by atoms with Crippen LogP contribution in [0.15, 0.2) is 4.52 Å². The van der Waals surface area contributed by atoms with Gasteiger partial charge in [0.2, 0.25) is 5.89 Å². The molecule has 96 valence electrons. The Kier molecular flexibility index (Phi) is 4.12. The zero-order valence-corrected chi connectivity index (χ0v) is 10.4. The van der Waals surface area contributed by atoms with Gasteiger partial charge < -0.3 is 14.4 Å². The largest absolute Gasteiger partial charge is 0.393 e. The minimum atomic E-state index is -0.456. The summed E-state index contributed by atoms with van der Waals surface area (Å²) in [5, 5.41) is 13.7. The summed E-state index contributed by atoms with van der Waals surface area (Å²) in [7, 11) is 0. The highest BCUT2D eigenvalue weighted by Gasteiger charge is 2.26. The molecule has 2 atom stereocenters. The molecule has 2 heterocycles. The number of hydrogen-bond donors (Lipinski definition) is 1. The SMILES string of the molecule is CCC(c1nc(C2CCOCC2)no1)C(C)O. The van der Waals surface area contributed by atoms with Crippen LogP contribution in [0, 0.1) is 0 Å². The average molecular weight is 240 g/mol. The lowest BCUT2D eigenvalue weighted by atomic mass is 9.99. The van der Waals surface area contributed by atoms with Gasteiger partial charge in [-0.1, -0.05) is 12.1 Å². The van der Waals surface area contributed by atoms with Crippen molar-refractivity contribution in [3.63, 3.8) is 0 Å². The van der Waals surface area contributed by atoms with Crippen molar-refractivity contribution in [2.24, 2.45) is 0 Å². The van der Waals surface area contributed by atoms with Crippen molar-refractivity contribution in [2.45, 2.75) is 51.0 Å². The first-order valence-corrected chi connectivity index (χ1v) is 6.31. The summed E-state index contributed by atoms with van der Waals surface area (Å²) < 4.78 is 10.6. The Balaban J connectivity index is 2.08. The average Bonchev–Trinajstić information content (AvgIpc) is 2.80. The van der Waals surface area contributed by atoms with Crippen LogP contribution >= 0.6 is 0 Å². The summed E-state index contributed by atoms with van der Waals surface area (Å²) in [6, 6.07) is 0. The molecular weight excluding hydrogens is 220 g/mol. The number of aromatic nitrogens is 2. The van der Waals surface area contributed by atoms with Crippen molar-refractivity contribution in [3.8, 4) is 0 Å². The predicted molar refractivity (Wildman–Crippen MR) is 61.8 cm³/mol. The van der Waals surface area contributed by atoms with Gasteiger partial charge in [0, 0.05) is 19.1 Å². The quantitative estimate of drug-likeness (QED) is 0.869. The van der Waals surface area contributed by atoms with E-state index >= 15 is 0 Å². The lowest BCUT2D eigenvalue weighted by Gasteiger charge is -2.18. The molecule has 1 N–H and O–H groups in total. The molecule has 0 bridgehead atoms. The molecule has 17 heavy (non-hydrogen) atoms. The Labute approximate surface area is 101 Å². The highest BCUT2D eigenvalue weighted by atomic mass is 16.5.